The molecule has 1 aromatic carbocycles. The minimum absolute atomic E-state index is 0.220. The zero-order chi connectivity index (χ0) is 24.1. The molecule has 8 nitrogen and oxygen atoms in total. The Hall–Kier alpha value is -2.56. The van der Waals surface area contributed by atoms with Crippen molar-refractivity contribution >= 4 is 21.8 Å². The Kier molecular flexibility index (Phi) is 8.71. The van der Waals surface area contributed by atoms with Crippen LogP contribution in [0.4, 0.5) is 4.39 Å². The van der Waals surface area contributed by atoms with Crippen LogP contribution in [0.25, 0.3) is 0 Å². The lowest BCUT2D eigenvalue weighted by Crippen LogP contribution is -2.30. The van der Waals surface area contributed by atoms with Gasteiger partial charge in [0.15, 0.2) is 6.61 Å². The van der Waals surface area contributed by atoms with Gasteiger partial charge in [0, 0.05) is 43.7 Å². The van der Waals surface area contributed by atoms with E-state index in [1.807, 2.05) is 11.5 Å². The van der Waals surface area contributed by atoms with Crippen molar-refractivity contribution in [1.82, 2.24) is 8.87 Å². The molecule has 0 aliphatic rings. The van der Waals surface area contributed by atoms with E-state index in [0.29, 0.717) is 24.4 Å². The van der Waals surface area contributed by atoms with E-state index in [0.717, 1.165) is 23.9 Å². The lowest BCUT2D eigenvalue weighted by atomic mass is 10.1. The van der Waals surface area contributed by atoms with E-state index < -0.39 is 39.8 Å². The monoisotopic (exact) mass is 468 g/mol. The van der Waals surface area contributed by atoms with E-state index in [9.17, 15) is 22.4 Å². The highest BCUT2D eigenvalue weighted by atomic mass is 32.2. The van der Waals surface area contributed by atoms with Crippen molar-refractivity contribution in [2.24, 2.45) is 0 Å². The van der Waals surface area contributed by atoms with Gasteiger partial charge in [0.25, 0.3) is 0 Å². The molecule has 0 spiro atoms. The second-order valence-electron chi connectivity index (χ2n) is 7.16. The van der Waals surface area contributed by atoms with Crippen molar-refractivity contribution < 1.29 is 31.9 Å². The zero-order valence-corrected chi connectivity index (χ0v) is 19.8. The third-order valence-corrected chi connectivity index (χ3v) is 7.27. The van der Waals surface area contributed by atoms with Crippen LogP contribution in [0.5, 0.6) is 0 Å². The summed E-state index contributed by atoms with van der Waals surface area (Å²) in [5.41, 5.74) is 1.41. The first kappa shape index (κ1) is 25.7. The predicted molar refractivity (Wildman–Crippen MR) is 117 cm³/mol. The number of carbonyl (C=O) groups excluding carboxylic acids is 2. The molecule has 0 saturated carbocycles. The summed E-state index contributed by atoms with van der Waals surface area (Å²) >= 11 is 0. The number of aryl methyl sites for hydroxylation is 1. The van der Waals surface area contributed by atoms with Crippen molar-refractivity contribution in [3.05, 3.63) is 52.6 Å². The number of rotatable bonds is 11. The van der Waals surface area contributed by atoms with Gasteiger partial charge in [-0.15, -0.1) is 0 Å². The number of hydrogen-bond acceptors (Lipinski definition) is 6. The van der Waals surface area contributed by atoms with Crippen molar-refractivity contribution in [3.8, 4) is 0 Å². The average Bonchev–Trinajstić information content (AvgIpc) is 3.04. The first-order valence-corrected chi connectivity index (χ1v) is 11.7. The quantitative estimate of drug-likeness (QED) is 0.372. The number of methoxy groups -OCH3 is 1. The molecule has 32 heavy (non-hydrogen) atoms. The topological polar surface area (TPSA) is 94.9 Å². The van der Waals surface area contributed by atoms with Gasteiger partial charge in [-0.1, -0.05) is 13.8 Å². The third-order valence-electron chi connectivity index (χ3n) is 5.23. The van der Waals surface area contributed by atoms with Crippen LogP contribution in [0.3, 0.4) is 0 Å². The SMILES string of the molecule is CCN(CC)S(=O)(=O)c1ccc(F)c(C(=O)OCC(=O)c2cc(C)n(CCOC)c2C)c1. The van der Waals surface area contributed by atoms with Gasteiger partial charge in [-0.25, -0.2) is 17.6 Å². The molecule has 0 amide bonds. The predicted octanol–water partition coefficient (Wildman–Crippen LogP) is 2.96. The molecule has 176 valence electrons. The number of ether oxygens (including phenoxy) is 2. The van der Waals surface area contributed by atoms with Crippen LogP contribution in [-0.4, -0.2) is 62.5 Å². The third kappa shape index (κ3) is 5.43. The van der Waals surface area contributed by atoms with E-state index in [4.69, 9.17) is 9.47 Å². The van der Waals surface area contributed by atoms with Gasteiger partial charge in [-0.2, -0.15) is 4.31 Å². The van der Waals surface area contributed by atoms with E-state index in [-0.39, 0.29) is 18.0 Å². The molecule has 0 aliphatic carbocycles. The van der Waals surface area contributed by atoms with Crippen LogP contribution in [0, 0.1) is 19.7 Å². The van der Waals surface area contributed by atoms with Crippen LogP contribution < -0.4 is 0 Å². The van der Waals surface area contributed by atoms with Gasteiger partial charge in [0.05, 0.1) is 17.1 Å². The maximum absolute atomic E-state index is 14.2. The molecule has 0 saturated heterocycles. The van der Waals surface area contributed by atoms with Gasteiger partial charge in [0.1, 0.15) is 5.82 Å². The molecule has 0 bridgehead atoms. The van der Waals surface area contributed by atoms with Crippen LogP contribution in [0.15, 0.2) is 29.2 Å². The van der Waals surface area contributed by atoms with Crippen molar-refractivity contribution in [1.29, 1.82) is 0 Å². The maximum atomic E-state index is 14.2. The molecule has 0 N–H and O–H groups in total. The highest BCUT2D eigenvalue weighted by Crippen LogP contribution is 2.21. The molecule has 0 unspecified atom stereocenters. The van der Waals surface area contributed by atoms with Crippen molar-refractivity contribution in [2.75, 3.05) is 33.4 Å². The number of aromatic nitrogens is 1. The summed E-state index contributed by atoms with van der Waals surface area (Å²) < 4.78 is 52.8. The van der Waals surface area contributed by atoms with Gasteiger partial charge in [0.2, 0.25) is 15.8 Å². The number of Topliss-reactive ketones (excluding diaryl/α,β-unsaturated/α-hetero) is 1. The maximum Gasteiger partial charge on any atom is 0.341 e. The molecule has 1 heterocycles. The summed E-state index contributed by atoms with van der Waals surface area (Å²) in [6.45, 7) is 7.89. The minimum Gasteiger partial charge on any atom is -0.454 e. The summed E-state index contributed by atoms with van der Waals surface area (Å²) in [6.07, 6.45) is 0. The number of ketones is 1. The van der Waals surface area contributed by atoms with E-state index in [2.05, 4.69) is 0 Å². The molecule has 0 atom stereocenters. The standard InChI is InChI=1S/C22H29FN2O6S/c1-6-24(7-2)32(28,29)17-8-9-20(23)19(13-17)22(27)31-14-21(26)18-12-15(3)25(16(18)4)10-11-30-5/h8-9,12-13H,6-7,10-11,14H2,1-5H3. The summed E-state index contributed by atoms with van der Waals surface area (Å²) in [5.74, 6) is -2.48. The van der Waals surface area contributed by atoms with Crippen molar-refractivity contribution in [3.63, 3.8) is 0 Å². The molecular formula is C22H29FN2O6S. The van der Waals surface area contributed by atoms with Crippen LogP contribution in [0.2, 0.25) is 0 Å². The van der Waals surface area contributed by atoms with Crippen LogP contribution >= 0.6 is 0 Å². The second-order valence-corrected chi connectivity index (χ2v) is 9.10. The smallest absolute Gasteiger partial charge is 0.341 e. The number of benzene rings is 1. The summed E-state index contributed by atoms with van der Waals surface area (Å²) in [4.78, 5) is 24.8. The molecule has 0 aliphatic heterocycles. The normalized spacial score (nSPS) is 11.7. The fraction of sp³-hybridized carbons (Fsp3) is 0.455. The van der Waals surface area contributed by atoms with Gasteiger partial charge in [-0.3, -0.25) is 4.79 Å². The number of halogens is 1. The first-order chi connectivity index (χ1) is 15.1. The lowest BCUT2D eigenvalue weighted by molar-refractivity contribution is 0.0469. The summed E-state index contributed by atoms with van der Waals surface area (Å²) in [7, 11) is -2.30. The Morgan fingerprint density at radius 2 is 1.75 bits per heavy atom. The number of nitrogens with zero attached hydrogens (tertiary/aromatic N) is 2. The van der Waals surface area contributed by atoms with E-state index in [1.54, 1.807) is 33.9 Å². The van der Waals surface area contributed by atoms with Crippen LogP contribution in [-0.2, 0) is 26.0 Å². The van der Waals surface area contributed by atoms with Crippen LogP contribution in [0.1, 0.15) is 46.0 Å². The second kappa shape index (κ2) is 10.8. The zero-order valence-electron chi connectivity index (χ0n) is 19.0. The van der Waals surface area contributed by atoms with Gasteiger partial charge < -0.3 is 14.0 Å². The highest BCUT2D eigenvalue weighted by molar-refractivity contribution is 7.89. The Bertz CT molecular complexity index is 1090. The Morgan fingerprint density at radius 1 is 1.09 bits per heavy atom. The number of hydrogen-bond donors (Lipinski definition) is 0. The highest BCUT2D eigenvalue weighted by Gasteiger charge is 2.25. The summed E-state index contributed by atoms with van der Waals surface area (Å²) in [6, 6.07) is 4.63. The first-order valence-electron chi connectivity index (χ1n) is 10.2. The average molecular weight is 469 g/mol. The summed E-state index contributed by atoms with van der Waals surface area (Å²) in [5, 5.41) is 0. The number of esters is 1. The Morgan fingerprint density at radius 3 is 2.34 bits per heavy atom. The fourth-order valence-corrected chi connectivity index (χ4v) is 4.92. The minimum atomic E-state index is -3.88. The Labute approximate surface area is 188 Å². The number of sulfonamides is 1. The van der Waals surface area contributed by atoms with Gasteiger partial charge in [-0.05, 0) is 38.1 Å². The molecule has 0 fully saturated rings. The Balaban J connectivity index is 2.19. The largest absolute Gasteiger partial charge is 0.454 e. The van der Waals surface area contributed by atoms with Crippen molar-refractivity contribution in [2.45, 2.75) is 39.1 Å². The lowest BCUT2D eigenvalue weighted by Gasteiger charge is -2.18. The molecule has 2 aromatic rings. The van der Waals surface area contributed by atoms with E-state index >= 15 is 0 Å². The van der Waals surface area contributed by atoms with E-state index in [1.165, 1.54) is 4.31 Å². The molecule has 2 rings (SSSR count). The number of carbonyl (C=O) groups is 2. The molecule has 1 aromatic heterocycles. The fourth-order valence-electron chi connectivity index (χ4n) is 3.43. The molecule has 0 radical (unpaired) electrons. The van der Waals surface area contributed by atoms with Gasteiger partial charge >= 0.3 is 5.97 Å². The molecular weight excluding hydrogens is 439 g/mol. The molecule has 10 heteroatoms.